The molecule has 0 aliphatic carbocycles. The highest BCUT2D eigenvalue weighted by Gasteiger charge is 2.47. The van der Waals surface area contributed by atoms with Crippen molar-refractivity contribution < 1.29 is 14.0 Å². The quantitative estimate of drug-likeness (QED) is 0.814. The highest BCUT2D eigenvalue weighted by molar-refractivity contribution is 8.00. The molecule has 1 N–H and O–H groups in total. The molecule has 0 radical (unpaired) electrons. The number of amides is 3. The molecular weight excluding hydrogens is 353 g/mol. The van der Waals surface area contributed by atoms with Gasteiger partial charge in [0.2, 0.25) is 0 Å². The molecule has 0 bridgehead atoms. The van der Waals surface area contributed by atoms with Gasteiger partial charge in [-0.15, -0.1) is 11.8 Å². The van der Waals surface area contributed by atoms with E-state index in [0.717, 1.165) is 5.75 Å². The van der Waals surface area contributed by atoms with Gasteiger partial charge in [-0.3, -0.25) is 4.79 Å². The number of nitrogens with one attached hydrogen (secondary N) is 1. The molecule has 0 atom stereocenters. The van der Waals surface area contributed by atoms with E-state index in [1.165, 1.54) is 6.07 Å². The molecule has 3 rings (SSSR count). The summed E-state index contributed by atoms with van der Waals surface area (Å²) in [6.45, 7) is 7.67. The van der Waals surface area contributed by atoms with Crippen molar-refractivity contribution in [2.45, 2.75) is 44.0 Å². The molecule has 142 valence electrons. The monoisotopic (exact) mass is 379 g/mol. The minimum absolute atomic E-state index is 0.0673. The minimum Gasteiger partial charge on any atom is -0.333 e. The predicted octanol–water partition coefficient (Wildman–Crippen LogP) is 3.31. The molecule has 2 heterocycles. The standard InChI is InChI=1S/C19H26FN3O2S/c1-18(2,3)21-17(25)22-10-8-19(9-11-22)23(12-13-26-19)16(24)14-6-4-5-7-15(14)20/h4-7H,8-13H2,1-3H3,(H,21,25). The molecule has 26 heavy (non-hydrogen) atoms. The lowest BCUT2D eigenvalue weighted by Gasteiger charge is -2.44. The average molecular weight is 380 g/mol. The van der Waals surface area contributed by atoms with E-state index in [-0.39, 0.29) is 27.9 Å². The summed E-state index contributed by atoms with van der Waals surface area (Å²) in [5.74, 6) is 0.112. The number of halogens is 1. The Morgan fingerprint density at radius 2 is 1.81 bits per heavy atom. The summed E-state index contributed by atoms with van der Waals surface area (Å²) in [6, 6.07) is 6.07. The number of nitrogens with zero attached hydrogens (tertiary/aromatic N) is 2. The zero-order valence-corrected chi connectivity index (χ0v) is 16.4. The number of urea groups is 1. The Kier molecular flexibility index (Phi) is 5.19. The van der Waals surface area contributed by atoms with Crippen molar-refractivity contribution in [3.05, 3.63) is 35.6 Å². The molecule has 7 heteroatoms. The van der Waals surface area contributed by atoms with Crippen molar-refractivity contribution in [1.29, 1.82) is 0 Å². The molecule has 3 amide bonds. The lowest BCUT2D eigenvalue weighted by atomic mass is 10.0. The lowest BCUT2D eigenvalue weighted by molar-refractivity contribution is 0.0574. The third-order valence-electron chi connectivity index (χ3n) is 4.84. The Balaban J connectivity index is 1.70. The van der Waals surface area contributed by atoms with Crippen LogP contribution < -0.4 is 5.32 Å². The fourth-order valence-corrected chi connectivity index (χ4v) is 5.00. The van der Waals surface area contributed by atoms with Crippen LogP contribution in [0.4, 0.5) is 9.18 Å². The van der Waals surface area contributed by atoms with Crippen molar-refractivity contribution in [2.75, 3.05) is 25.4 Å². The van der Waals surface area contributed by atoms with Crippen LogP contribution in [0.25, 0.3) is 0 Å². The van der Waals surface area contributed by atoms with Crippen LogP contribution >= 0.6 is 11.8 Å². The lowest BCUT2D eigenvalue weighted by Crippen LogP contribution is -2.56. The molecule has 2 aliphatic rings. The van der Waals surface area contributed by atoms with Gasteiger partial charge in [-0.2, -0.15) is 0 Å². The normalized spacial score (nSPS) is 19.7. The maximum Gasteiger partial charge on any atom is 0.317 e. The maximum absolute atomic E-state index is 14.1. The van der Waals surface area contributed by atoms with Crippen molar-refractivity contribution >= 4 is 23.7 Å². The van der Waals surface area contributed by atoms with E-state index in [1.807, 2.05) is 25.7 Å². The molecule has 1 spiro atoms. The van der Waals surface area contributed by atoms with Crippen LogP contribution in [0.1, 0.15) is 44.0 Å². The number of piperidine rings is 1. The summed E-state index contributed by atoms with van der Waals surface area (Å²) in [6.07, 6.45) is 1.41. The second-order valence-corrected chi connectivity index (χ2v) is 9.36. The second kappa shape index (κ2) is 7.10. The van der Waals surface area contributed by atoms with Gasteiger partial charge in [-0.05, 0) is 45.7 Å². The molecule has 5 nitrogen and oxygen atoms in total. The van der Waals surface area contributed by atoms with E-state index >= 15 is 0 Å². The second-order valence-electron chi connectivity index (χ2n) is 7.90. The Morgan fingerprint density at radius 1 is 1.15 bits per heavy atom. The topological polar surface area (TPSA) is 52.7 Å². The number of carbonyl (C=O) groups is 2. The van der Waals surface area contributed by atoms with E-state index in [1.54, 1.807) is 34.9 Å². The Morgan fingerprint density at radius 3 is 2.42 bits per heavy atom. The number of benzene rings is 1. The molecule has 2 fully saturated rings. The van der Waals surface area contributed by atoms with Crippen LogP contribution in [-0.2, 0) is 0 Å². The number of thioether (sulfide) groups is 1. The van der Waals surface area contributed by atoms with Gasteiger partial charge in [0.25, 0.3) is 5.91 Å². The van der Waals surface area contributed by atoms with Gasteiger partial charge in [0, 0.05) is 30.9 Å². The number of likely N-dealkylation sites (tertiary alicyclic amines) is 1. The van der Waals surface area contributed by atoms with Crippen molar-refractivity contribution in [3.63, 3.8) is 0 Å². The Bertz CT molecular complexity index is 696. The summed E-state index contributed by atoms with van der Waals surface area (Å²) in [5.41, 5.74) is -0.150. The number of hydrogen-bond acceptors (Lipinski definition) is 3. The predicted molar refractivity (Wildman–Crippen MR) is 102 cm³/mol. The fraction of sp³-hybridized carbons (Fsp3) is 0.579. The summed E-state index contributed by atoms with van der Waals surface area (Å²) < 4.78 is 14.1. The molecule has 1 aromatic carbocycles. The van der Waals surface area contributed by atoms with Crippen molar-refractivity contribution in [1.82, 2.24) is 15.1 Å². The first kappa shape index (κ1) is 19.0. The summed E-state index contributed by atoms with van der Waals surface area (Å²) in [5, 5.41) is 2.99. The average Bonchev–Trinajstić information content (AvgIpc) is 2.97. The van der Waals surface area contributed by atoms with Gasteiger partial charge in [0.15, 0.2) is 0 Å². The smallest absolute Gasteiger partial charge is 0.317 e. The highest BCUT2D eigenvalue weighted by atomic mass is 32.2. The Labute approximate surface area is 158 Å². The third-order valence-corrected chi connectivity index (χ3v) is 6.39. The zero-order valence-electron chi connectivity index (χ0n) is 15.5. The summed E-state index contributed by atoms with van der Waals surface area (Å²) >= 11 is 1.75. The van der Waals surface area contributed by atoms with Crippen LogP contribution in [0.3, 0.4) is 0 Å². The molecule has 2 saturated heterocycles. The van der Waals surface area contributed by atoms with Crippen molar-refractivity contribution in [2.24, 2.45) is 0 Å². The summed E-state index contributed by atoms with van der Waals surface area (Å²) in [7, 11) is 0. The molecule has 0 aromatic heterocycles. The van der Waals surface area contributed by atoms with Gasteiger partial charge in [-0.25, -0.2) is 9.18 Å². The molecular formula is C19H26FN3O2S. The van der Waals surface area contributed by atoms with Crippen LogP contribution in [0.15, 0.2) is 24.3 Å². The SMILES string of the molecule is CC(C)(C)NC(=O)N1CCC2(CC1)SCCN2C(=O)c1ccccc1F. The van der Waals surface area contributed by atoms with Gasteiger partial charge >= 0.3 is 6.03 Å². The number of hydrogen-bond donors (Lipinski definition) is 1. The Hall–Kier alpha value is -1.76. The molecule has 1 aromatic rings. The van der Waals surface area contributed by atoms with Crippen molar-refractivity contribution in [3.8, 4) is 0 Å². The molecule has 0 unspecified atom stereocenters. The highest BCUT2D eigenvalue weighted by Crippen LogP contribution is 2.44. The first-order valence-corrected chi connectivity index (χ1v) is 9.98. The van der Waals surface area contributed by atoms with Crippen LogP contribution in [0.2, 0.25) is 0 Å². The van der Waals surface area contributed by atoms with Crippen LogP contribution in [0, 0.1) is 5.82 Å². The van der Waals surface area contributed by atoms with E-state index < -0.39 is 5.82 Å². The number of rotatable bonds is 1. The first-order valence-electron chi connectivity index (χ1n) is 8.99. The van der Waals surface area contributed by atoms with Gasteiger partial charge < -0.3 is 15.1 Å². The van der Waals surface area contributed by atoms with Crippen LogP contribution in [0.5, 0.6) is 0 Å². The third kappa shape index (κ3) is 3.82. The van der Waals surface area contributed by atoms with E-state index in [2.05, 4.69) is 5.32 Å². The van der Waals surface area contributed by atoms with E-state index in [9.17, 15) is 14.0 Å². The summed E-state index contributed by atoms with van der Waals surface area (Å²) in [4.78, 5) is 28.6. The minimum atomic E-state index is -0.480. The zero-order chi connectivity index (χ0) is 18.9. The molecule has 0 saturated carbocycles. The van der Waals surface area contributed by atoms with Gasteiger partial charge in [-0.1, -0.05) is 12.1 Å². The van der Waals surface area contributed by atoms with Gasteiger partial charge in [0.1, 0.15) is 5.82 Å². The van der Waals surface area contributed by atoms with Crippen LogP contribution in [-0.4, -0.2) is 57.5 Å². The van der Waals surface area contributed by atoms with E-state index in [0.29, 0.717) is 32.5 Å². The van der Waals surface area contributed by atoms with E-state index in [4.69, 9.17) is 0 Å². The fourth-order valence-electron chi connectivity index (χ4n) is 3.55. The number of carbonyl (C=O) groups excluding carboxylic acids is 2. The largest absolute Gasteiger partial charge is 0.333 e. The van der Waals surface area contributed by atoms with Gasteiger partial charge in [0.05, 0.1) is 10.4 Å². The first-order chi connectivity index (χ1) is 12.2. The maximum atomic E-state index is 14.1. The molecule has 2 aliphatic heterocycles.